The van der Waals surface area contributed by atoms with Crippen LogP contribution in [0, 0.1) is 6.92 Å². The number of carbonyl (C=O) groups is 1. The van der Waals surface area contributed by atoms with Crippen LogP contribution in [-0.4, -0.2) is 21.0 Å². The molecule has 0 fully saturated rings. The SMILES string of the molecule is C=CCOC(=O)C(c1ccccc1)S(=O)(=O)c1ccc(C)cc1. The first-order valence-electron chi connectivity index (χ1n) is 7.10. The van der Waals surface area contributed by atoms with Gasteiger partial charge in [-0.05, 0) is 24.6 Å². The van der Waals surface area contributed by atoms with Gasteiger partial charge in [0.25, 0.3) is 0 Å². The van der Waals surface area contributed by atoms with E-state index in [1.807, 2.05) is 6.92 Å². The van der Waals surface area contributed by atoms with Gasteiger partial charge in [-0.15, -0.1) is 0 Å². The molecule has 2 aromatic rings. The smallest absolute Gasteiger partial charge is 0.329 e. The monoisotopic (exact) mass is 330 g/mol. The Hall–Kier alpha value is -2.40. The fourth-order valence-electron chi connectivity index (χ4n) is 2.15. The van der Waals surface area contributed by atoms with Crippen LogP contribution >= 0.6 is 0 Å². The maximum absolute atomic E-state index is 12.9. The highest BCUT2D eigenvalue weighted by Gasteiger charge is 2.36. The number of hydrogen-bond acceptors (Lipinski definition) is 4. The molecule has 4 nitrogen and oxygen atoms in total. The van der Waals surface area contributed by atoms with Crippen LogP contribution in [0.3, 0.4) is 0 Å². The first-order chi connectivity index (χ1) is 11.0. The summed E-state index contributed by atoms with van der Waals surface area (Å²) in [6.07, 6.45) is 1.40. The van der Waals surface area contributed by atoms with Crippen molar-refractivity contribution in [3.63, 3.8) is 0 Å². The molecular weight excluding hydrogens is 312 g/mol. The van der Waals surface area contributed by atoms with Crippen molar-refractivity contribution in [2.45, 2.75) is 17.1 Å². The Morgan fingerprint density at radius 2 is 1.74 bits per heavy atom. The Morgan fingerprint density at radius 1 is 1.13 bits per heavy atom. The number of hydrogen-bond donors (Lipinski definition) is 0. The van der Waals surface area contributed by atoms with E-state index in [2.05, 4.69) is 6.58 Å². The van der Waals surface area contributed by atoms with Gasteiger partial charge in [-0.3, -0.25) is 4.79 Å². The second kappa shape index (κ2) is 7.24. The number of esters is 1. The van der Waals surface area contributed by atoms with Crippen molar-refractivity contribution >= 4 is 15.8 Å². The van der Waals surface area contributed by atoms with E-state index in [9.17, 15) is 13.2 Å². The van der Waals surface area contributed by atoms with Gasteiger partial charge in [-0.2, -0.15) is 0 Å². The van der Waals surface area contributed by atoms with Crippen molar-refractivity contribution in [2.24, 2.45) is 0 Å². The minimum absolute atomic E-state index is 0.0361. The molecule has 1 atom stereocenters. The van der Waals surface area contributed by atoms with Crippen LogP contribution in [0.4, 0.5) is 0 Å². The second-order valence-corrected chi connectivity index (χ2v) is 7.10. The molecule has 0 bridgehead atoms. The number of carbonyl (C=O) groups excluding carboxylic acids is 1. The molecule has 0 radical (unpaired) electrons. The number of sulfone groups is 1. The molecule has 0 amide bonds. The highest BCUT2D eigenvalue weighted by molar-refractivity contribution is 7.92. The Kier molecular flexibility index (Phi) is 5.34. The lowest BCUT2D eigenvalue weighted by atomic mass is 10.1. The zero-order valence-electron chi connectivity index (χ0n) is 12.8. The average Bonchev–Trinajstić information content (AvgIpc) is 2.54. The predicted molar refractivity (Wildman–Crippen MR) is 88.7 cm³/mol. The summed E-state index contributed by atoms with van der Waals surface area (Å²) in [5.41, 5.74) is 1.32. The largest absolute Gasteiger partial charge is 0.460 e. The van der Waals surface area contributed by atoms with Crippen LogP contribution in [0.15, 0.2) is 72.1 Å². The average molecular weight is 330 g/mol. The lowest BCUT2D eigenvalue weighted by Crippen LogP contribution is -2.24. The molecule has 0 N–H and O–H groups in total. The summed E-state index contributed by atoms with van der Waals surface area (Å²) in [6, 6.07) is 14.7. The van der Waals surface area contributed by atoms with Crippen molar-refractivity contribution in [3.8, 4) is 0 Å². The van der Waals surface area contributed by atoms with Crippen LogP contribution in [0.25, 0.3) is 0 Å². The van der Waals surface area contributed by atoms with Crippen LogP contribution < -0.4 is 0 Å². The lowest BCUT2D eigenvalue weighted by Gasteiger charge is -2.17. The van der Waals surface area contributed by atoms with Crippen molar-refractivity contribution in [1.29, 1.82) is 0 Å². The van der Waals surface area contributed by atoms with Crippen LogP contribution in [0.1, 0.15) is 16.4 Å². The first-order valence-corrected chi connectivity index (χ1v) is 8.64. The minimum atomic E-state index is -3.91. The van der Waals surface area contributed by atoms with Gasteiger partial charge < -0.3 is 4.74 Å². The van der Waals surface area contributed by atoms with Crippen molar-refractivity contribution in [1.82, 2.24) is 0 Å². The number of rotatable bonds is 6. The highest BCUT2D eigenvalue weighted by atomic mass is 32.2. The molecule has 0 aliphatic heterocycles. The first kappa shape index (κ1) is 17.0. The molecule has 1 unspecified atom stereocenters. The zero-order valence-corrected chi connectivity index (χ0v) is 13.6. The van der Waals surface area contributed by atoms with Gasteiger partial charge in [-0.25, -0.2) is 8.42 Å². The van der Waals surface area contributed by atoms with Crippen molar-refractivity contribution < 1.29 is 17.9 Å². The fourth-order valence-corrected chi connectivity index (χ4v) is 3.77. The predicted octanol–water partition coefficient (Wildman–Crippen LogP) is 3.24. The van der Waals surface area contributed by atoms with Gasteiger partial charge in [0.05, 0.1) is 4.90 Å². The summed E-state index contributed by atoms with van der Waals surface area (Å²) >= 11 is 0. The van der Waals surface area contributed by atoms with Gasteiger partial charge >= 0.3 is 5.97 Å². The summed E-state index contributed by atoms with van der Waals surface area (Å²) in [5.74, 6) is -0.809. The topological polar surface area (TPSA) is 60.4 Å². The van der Waals surface area contributed by atoms with Gasteiger partial charge in [0.1, 0.15) is 6.61 Å². The van der Waals surface area contributed by atoms with E-state index in [4.69, 9.17) is 4.74 Å². The summed E-state index contributed by atoms with van der Waals surface area (Å²) < 4.78 is 30.8. The minimum Gasteiger partial charge on any atom is -0.460 e. The molecule has 2 rings (SSSR count). The molecule has 2 aromatic carbocycles. The van der Waals surface area contributed by atoms with Gasteiger partial charge in [0, 0.05) is 0 Å². The Balaban J connectivity index is 2.50. The van der Waals surface area contributed by atoms with E-state index in [0.717, 1.165) is 5.56 Å². The molecule has 0 aliphatic rings. The molecule has 0 aromatic heterocycles. The molecule has 0 heterocycles. The Bertz CT molecular complexity index is 778. The highest BCUT2D eigenvalue weighted by Crippen LogP contribution is 2.30. The van der Waals surface area contributed by atoms with Gasteiger partial charge in [0.15, 0.2) is 15.1 Å². The van der Waals surface area contributed by atoms with Crippen LogP contribution in [0.2, 0.25) is 0 Å². The molecule has 0 spiro atoms. The maximum Gasteiger partial charge on any atom is 0.329 e. The second-order valence-electron chi connectivity index (χ2n) is 5.07. The van der Waals surface area contributed by atoms with Crippen LogP contribution in [-0.2, 0) is 19.4 Å². The maximum atomic E-state index is 12.9. The van der Waals surface area contributed by atoms with Crippen LogP contribution in [0.5, 0.6) is 0 Å². The zero-order chi connectivity index (χ0) is 16.9. The van der Waals surface area contributed by atoms with Gasteiger partial charge in [-0.1, -0.05) is 60.7 Å². The van der Waals surface area contributed by atoms with E-state index < -0.39 is 21.1 Å². The number of aryl methyl sites for hydroxylation is 1. The molecule has 0 saturated heterocycles. The quantitative estimate of drug-likeness (QED) is 0.602. The normalized spacial score (nSPS) is 12.4. The number of benzene rings is 2. The Morgan fingerprint density at radius 3 is 2.30 bits per heavy atom. The molecule has 5 heteroatoms. The fraction of sp³-hybridized carbons (Fsp3) is 0.167. The third-order valence-electron chi connectivity index (χ3n) is 3.32. The molecule has 0 saturated carbocycles. The number of ether oxygens (including phenoxy) is 1. The standard InChI is InChI=1S/C18H18O4S/c1-3-13-22-18(19)17(15-7-5-4-6-8-15)23(20,21)16-11-9-14(2)10-12-16/h3-12,17H,1,13H2,2H3. The van der Waals surface area contributed by atoms with E-state index >= 15 is 0 Å². The third-order valence-corrected chi connectivity index (χ3v) is 5.33. The van der Waals surface area contributed by atoms with E-state index in [1.165, 1.54) is 18.2 Å². The molecular formula is C18H18O4S. The van der Waals surface area contributed by atoms with Crippen molar-refractivity contribution in [3.05, 3.63) is 78.4 Å². The Labute approximate surface area is 136 Å². The van der Waals surface area contributed by atoms with Gasteiger partial charge in [0.2, 0.25) is 0 Å². The summed E-state index contributed by atoms with van der Waals surface area (Å²) in [7, 11) is -3.91. The molecule has 120 valence electrons. The third kappa shape index (κ3) is 3.87. The van der Waals surface area contributed by atoms with E-state index in [1.54, 1.807) is 42.5 Å². The lowest BCUT2D eigenvalue weighted by molar-refractivity contribution is -0.142. The van der Waals surface area contributed by atoms with E-state index in [0.29, 0.717) is 5.56 Å². The van der Waals surface area contributed by atoms with Crippen molar-refractivity contribution in [2.75, 3.05) is 6.61 Å². The summed E-state index contributed by atoms with van der Waals surface area (Å²) in [5, 5.41) is -1.40. The molecule has 0 aliphatic carbocycles. The summed E-state index contributed by atoms with van der Waals surface area (Å²) in [4.78, 5) is 12.4. The summed E-state index contributed by atoms with van der Waals surface area (Å²) in [6.45, 7) is 5.30. The molecule has 23 heavy (non-hydrogen) atoms. The van der Waals surface area contributed by atoms with E-state index in [-0.39, 0.29) is 11.5 Å².